The zero-order valence-electron chi connectivity index (χ0n) is 20.6. The van der Waals surface area contributed by atoms with E-state index < -0.39 is 17.5 Å². The molecule has 0 aliphatic carbocycles. The summed E-state index contributed by atoms with van der Waals surface area (Å²) in [5.41, 5.74) is 8.64. The Morgan fingerprint density at radius 2 is 1.94 bits per heavy atom. The molecule has 4 rings (SSSR count). The predicted molar refractivity (Wildman–Crippen MR) is 131 cm³/mol. The number of nitrogens with two attached hydrogens (primary N) is 1. The second-order valence-corrected chi connectivity index (χ2v) is 9.26. The van der Waals surface area contributed by atoms with Gasteiger partial charge in [0.15, 0.2) is 5.79 Å². The van der Waals surface area contributed by atoms with Crippen molar-refractivity contribution < 1.29 is 27.4 Å². The lowest BCUT2D eigenvalue weighted by molar-refractivity contribution is -0.184. The van der Waals surface area contributed by atoms with Crippen molar-refractivity contribution in [2.45, 2.75) is 64.1 Å². The molecule has 3 aromatic rings. The number of hydrogen-bond donors (Lipinski definition) is 1. The molecule has 2 aromatic carbocycles. The van der Waals surface area contributed by atoms with Crippen LogP contribution in [0.1, 0.15) is 42.1 Å². The number of ether oxygens (including phenoxy) is 3. The summed E-state index contributed by atoms with van der Waals surface area (Å²) >= 11 is 0. The number of alkyl halides is 3. The molecule has 0 bridgehead atoms. The fourth-order valence-corrected chi connectivity index (χ4v) is 4.42. The SMILES string of the molecule is CCCc1cncn1CC1(CCc2ccc(C(F)(F)F)cc2)OCC(COc2ccc(N)cc2C)O1. The zero-order valence-corrected chi connectivity index (χ0v) is 20.6. The van der Waals surface area contributed by atoms with E-state index in [0.29, 0.717) is 38.3 Å². The average molecular weight is 504 g/mol. The molecule has 0 radical (unpaired) electrons. The quantitative estimate of drug-likeness (QED) is 0.367. The van der Waals surface area contributed by atoms with Crippen molar-refractivity contribution in [2.75, 3.05) is 18.9 Å². The number of halogens is 3. The molecule has 1 aromatic heterocycles. The summed E-state index contributed by atoms with van der Waals surface area (Å²) in [5.74, 6) is -0.217. The van der Waals surface area contributed by atoms with Crippen LogP contribution >= 0.6 is 0 Å². The van der Waals surface area contributed by atoms with Gasteiger partial charge in [0, 0.05) is 24.0 Å². The normalized spacial score (nSPS) is 20.1. The maximum Gasteiger partial charge on any atom is 0.416 e. The van der Waals surface area contributed by atoms with Gasteiger partial charge in [0.2, 0.25) is 0 Å². The molecular formula is C27H32F3N3O3. The molecule has 1 saturated heterocycles. The van der Waals surface area contributed by atoms with E-state index in [1.54, 1.807) is 12.4 Å². The van der Waals surface area contributed by atoms with E-state index >= 15 is 0 Å². The molecule has 0 saturated carbocycles. The second kappa shape index (κ2) is 10.9. The van der Waals surface area contributed by atoms with E-state index in [-0.39, 0.29) is 6.10 Å². The van der Waals surface area contributed by atoms with Gasteiger partial charge in [0.25, 0.3) is 0 Å². The summed E-state index contributed by atoms with van der Waals surface area (Å²) in [6, 6.07) is 10.7. The molecule has 0 spiro atoms. The van der Waals surface area contributed by atoms with Crippen LogP contribution in [0.15, 0.2) is 55.0 Å². The van der Waals surface area contributed by atoms with Crippen molar-refractivity contribution in [3.63, 3.8) is 0 Å². The fourth-order valence-electron chi connectivity index (χ4n) is 4.42. The first-order chi connectivity index (χ1) is 17.2. The highest BCUT2D eigenvalue weighted by Crippen LogP contribution is 2.33. The number of anilines is 1. The van der Waals surface area contributed by atoms with Gasteiger partial charge in [0.05, 0.1) is 25.0 Å². The van der Waals surface area contributed by atoms with Gasteiger partial charge in [-0.1, -0.05) is 25.5 Å². The maximum absolute atomic E-state index is 12.9. The molecule has 1 aliphatic rings. The van der Waals surface area contributed by atoms with Crippen molar-refractivity contribution in [1.82, 2.24) is 9.55 Å². The van der Waals surface area contributed by atoms with Crippen LogP contribution in [0.2, 0.25) is 0 Å². The molecule has 1 fully saturated rings. The number of nitrogens with zero attached hydrogens (tertiary/aromatic N) is 2. The summed E-state index contributed by atoms with van der Waals surface area (Å²) in [7, 11) is 0. The number of aromatic nitrogens is 2. The molecule has 2 N–H and O–H groups in total. The highest BCUT2D eigenvalue weighted by Gasteiger charge is 2.42. The molecule has 2 unspecified atom stereocenters. The van der Waals surface area contributed by atoms with Gasteiger partial charge in [-0.25, -0.2) is 4.98 Å². The van der Waals surface area contributed by atoms with Crippen LogP contribution in [0.3, 0.4) is 0 Å². The number of imidazole rings is 1. The molecular weight excluding hydrogens is 471 g/mol. The van der Waals surface area contributed by atoms with Crippen molar-refractivity contribution in [3.8, 4) is 5.75 Å². The third kappa shape index (κ3) is 6.39. The Hall–Kier alpha value is -3.04. The number of nitrogen functional groups attached to an aromatic ring is 1. The van der Waals surface area contributed by atoms with E-state index in [1.165, 1.54) is 12.1 Å². The van der Waals surface area contributed by atoms with Crippen molar-refractivity contribution in [1.29, 1.82) is 0 Å². The zero-order chi connectivity index (χ0) is 25.8. The Balaban J connectivity index is 1.46. The van der Waals surface area contributed by atoms with Crippen molar-refractivity contribution >= 4 is 5.69 Å². The summed E-state index contributed by atoms with van der Waals surface area (Å²) < 4.78 is 59.5. The lowest BCUT2D eigenvalue weighted by atomic mass is 10.0. The molecule has 36 heavy (non-hydrogen) atoms. The third-order valence-electron chi connectivity index (χ3n) is 6.33. The highest BCUT2D eigenvalue weighted by molar-refractivity contribution is 5.47. The Bertz CT molecular complexity index is 1150. The topological polar surface area (TPSA) is 71.5 Å². The fraction of sp³-hybridized carbons (Fsp3) is 0.444. The monoisotopic (exact) mass is 503 g/mol. The Morgan fingerprint density at radius 1 is 1.17 bits per heavy atom. The van der Waals surface area contributed by atoms with Crippen molar-refractivity contribution in [2.24, 2.45) is 0 Å². The molecule has 1 aliphatic heterocycles. The van der Waals surface area contributed by atoms with Gasteiger partial charge >= 0.3 is 6.18 Å². The second-order valence-electron chi connectivity index (χ2n) is 9.26. The van der Waals surface area contributed by atoms with E-state index in [0.717, 1.165) is 47.5 Å². The minimum atomic E-state index is -4.36. The van der Waals surface area contributed by atoms with Gasteiger partial charge in [0.1, 0.15) is 18.5 Å². The van der Waals surface area contributed by atoms with Gasteiger partial charge in [-0.3, -0.25) is 0 Å². The van der Waals surface area contributed by atoms with E-state index in [2.05, 4.69) is 11.9 Å². The first-order valence-corrected chi connectivity index (χ1v) is 12.1. The standard InChI is InChI=1S/C27H32F3N3O3/c1-3-4-23-14-32-18-33(23)17-26(12-11-20-5-7-21(8-6-20)27(28,29)30)35-16-24(36-26)15-34-25-10-9-22(31)13-19(25)2/h5-10,13-14,18,24H,3-4,11-12,15-17,31H2,1-2H3. The number of benzene rings is 2. The van der Waals surface area contributed by atoms with Crippen LogP contribution in [0, 0.1) is 6.92 Å². The summed E-state index contributed by atoms with van der Waals surface area (Å²) in [5, 5.41) is 0. The van der Waals surface area contributed by atoms with Gasteiger partial charge in [-0.2, -0.15) is 13.2 Å². The Kier molecular flexibility index (Phi) is 7.90. The van der Waals surface area contributed by atoms with Crippen LogP contribution < -0.4 is 10.5 Å². The van der Waals surface area contributed by atoms with Crippen molar-refractivity contribution in [3.05, 3.63) is 77.4 Å². The number of hydrogen-bond acceptors (Lipinski definition) is 5. The largest absolute Gasteiger partial charge is 0.491 e. The van der Waals surface area contributed by atoms with Crippen LogP contribution in [0.5, 0.6) is 5.75 Å². The summed E-state index contributed by atoms with van der Waals surface area (Å²) in [6.45, 7) is 5.12. The van der Waals surface area contributed by atoms with Gasteiger partial charge < -0.3 is 24.5 Å². The molecule has 194 valence electrons. The third-order valence-corrected chi connectivity index (χ3v) is 6.33. The van der Waals surface area contributed by atoms with Crippen LogP contribution in [-0.4, -0.2) is 34.7 Å². The Labute approximate surface area is 209 Å². The Morgan fingerprint density at radius 3 is 2.64 bits per heavy atom. The highest BCUT2D eigenvalue weighted by atomic mass is 19.4. The summed E-state index contributed by atoms with van der Waals surface area (Å²) in [4.78, 5) is 4.29. The van der Waals surface area contributed by atoms with Crippen LogP contribution in [0.4, 0.5) is 18.9 Å². The average Bonchev–Trinajstić information content (AvgIpc) is 3.44. The summed E-state index contributed by atoms with van der Waals surface area (Å²) in [6.07, 6.45) is 1.77. The van der Waals surface area contributed by atoms with Crippen LogP contribution in [-0.2, 0) is 35.0 Å². The van der Waals surface area contributed by atoms with E-state index in [4.69, 9.17) is 19.9 Å². The molecule has 2 heterocycles. The minimum Gasteiger partial charge on any atom is -0.491 e. The van der Waals surface area contributed by atoms with Crippen LogP contribution in [0.25, 0.3) is 0 Å². The minimum absolute atomic E-state index is 0.298. The molecule has 2 atom stereocenters. The lowest BCUT2D eigenvalue weighted by Crippen LogP contribution is -2.38. The van der Waals surface area contributed by atoms with E-state index in [1.807, 2.05) is 29.8 Å². The molecule has 6 nitrogen and oxygen atoms in total. The first kappa shape index (κ1) is 26.0. The number of aryl methyl sites for hydroxylation is 3. The number of rotatable bonds is 10. The van der Waals surface area contributed by atoms with Gasteiger partial charge in [-0.15, -0.1) is 0 Å². The molecule has 9 heteroatoms. The van der Waals surface area contributed by atoms with E-state index in [9.17, 15) is 13.2 Å². The molecule has 0 amide bonds. The lowest BCUT2D eigenvalue weighted by Gasteiger charge is -2.29. The maximum atomic E-state index is 12.9. The van der Waals surface area contributed by atoms with Gasteiger partial charge in [-0.05, 0) is 61.2 Å². The first-order valence-electron chi connectivity index (χ1n) is 12.1. The smallest absolute Gasteiger partial charge is 0.416 e. The predicted octanol–water partition coefficient (Wildman–Crippen LogP) is 5.57.